The lowest BCUT2D eigenvalue weighted by atomic mass is 10.2. The van der Waals surface area contributed by atoms with Crippen molar-refractivity contribution in [1.29, 1.82) is 0 Å². The van der Waals surface area contributed by atoms with E-state index in [9.17, 15) is 23.1 Å². The second kappa shape index (κ2) is 10.1. The van der Waals surface area contributed by atoms with Crippen LogP contribution in [0.5, 0.6) is 0 Å². The highest BCUT2D eigenvalue weighted by molar-refractivity contribution is 7.86. The topological polar surface area (TPSA) is 123 Å². The van der Waals surface area contributed by atoms with Crippen LogP contribution >= 0.6 is 0 Å². The molecule has 2 aliphatic heterocycles. The van der Waals surface area contributed by atoms with Crippen LogP contribution in [0.2, 0.25) is 0 Å². The number of amides is 2. The van der Waals surface area contributed by atoms with Crippen molar-refractivity contribution >= 4 is 22.3 Å². The van der Waals surface area contributed by atoms with E-state index in [2.05, 4.69) is 0 Å². The molecule has 0 bridgehead atoms. The first-order valence-electron chi connectivity index (χ1n) is 9.97. The maximum atomic E-state index is 11.7. The van der Waals surface area contributed by atoms with Gasteiger partial charge in [-0.15, -0.1) is 0 Å². The number of rotatable bonds is 2. The van der Waals surface area contributed by atoms with Crippen LogP contribution in [0.4, 0.5) is 9.59 Å². The van der Waals surface area contributed by atoms with E-state index in [1.807, 2.05) is 20.8 Å². The fourth-order valence-electron chi connectivity index (χ4n) is 2.78. The Balaban J connectivity index is 0.000000311. The number of likely N-dealkylation sites (tertiary alicyclic amines) is 2. The second-order valence-electron chi connectivity index (χ2n) is 9.51. The zero-order chi connectivity index (χ0) is 23.3. The van der Waals surface area contributed by atoms with Gasteiger partial charge in [-0.3, -0.25) is 4.18 Å². The molecule has 0 radical (unpaired) electrons. The summed E-state index contributed by atoms with van der Waals surface area (Å²) in [5.41, 5.74) is -1.00. The number of β-amino-alcohol motifs (C(OH)–C–C–N with tert-alkyl or cyclic N) is 1. The molecule has 2 atom stereocenters. The SMILES string of the molecule is CC(C)(C)OC(=O)N1CC[C@@H](O)C1.CC(C)(C)OC(=O)N1CC[C@@H](OS(C)(=O)=O)C1. The summed E-state index contributed by atoms with van der Waals surface area (Å²) in [7, 11) is -3.47. The summed E-state index contributed by atoms with van der Waals surface area (Å²) in [6.07, 6.45) is 0.556. The Morgan fingerprint density at radius 3 is 1.67 bits per heavy atom. The molecule has 0 aliphatic carbocycles. The Morgan fingerprint density at radius 2 is 1.30 bits per heavy atom. The number of hydrogen-bond donors (Lipinski definition) is 1. The highest BCUT2D eigenvalue weighted by Crippen LogP contribution is 2.18. The third-order valence-electron chi connectivity index (χ3n) is 3.92. The molecule has 0 unspecified atom stereocenters. The van der Waals surface area contributed by atoms with Gasteiger partial charge in [-0.1, -0.05) is 0 Å². The van der Waals surface area contributed by atoms with Crippen LogP contribution in [-0.2, 0) is 23.8 Å². The number of hydrogen-bond acceptors (Lipinski definition) is 8. The van der Waals surface area contributed by atoms with Gasteiger partial charge >= 0.3 is 12.2 Å². The minimum absolute atomic E-state index is 0.252. The average Bonchev–Trinajstić information content (AvgIpc) is 3.12. The van der Waals surface area contributed by atoms with E-state index in [0.717, 1.165) is 6.26 Å². The monoisotopic (exact) mass is 452 g/mol. The van der Waals surface area contributed by atoms with E-state index in [1.165, 1.54) is 9.80 Å². The Labute approximate surface area is 179 Å². The molecule has 10 nitrogen and oxygen atoms in total. The predicted molar refractivity (Wildman–Crippen MR) is 111 cm³/mol. The summed E-state index contributed by atoms with van der Waals surface area (Å²) < 4.78 is 37.0. The Morgan fingerprint density at radius 1 is 0.867 bits per heavy atom. The lowest BCUT2D eigenvalue weighted by Gasteiger charge is -2.24. The molecule has 2 amide bonds. The lowest BCUT2D eigenvalue weighted by Crippen LogP contribution is -2.36. The molecule has 2 aliphatic rings. The first-order valence-corrected chi connectivity index (χ1v) is 11.8. The van der Waals surface area contributed by atoms with Gasteiger partial charge in [0.05, 0.1) is 25.0 Å². The van der Waals surface area contributed by atoms with Crippen molar-refractivity contribution < 1.29 is 36.8 Å². The molecule has 176 valence electrons. The van der Waals surface area contributed by atoms with E-state index in [0.29, 0.717) is 32.5 Å². The molecule has 0 saturated carbocycles. The van der Waals surface area contributed by atoms with Crippen LogP contribution in [0.25, 0.3) is 0 Å². The van der Waals surface area contributed by atoms with Crippen molar-refractivity contribution in [3.8, 4) is 0 Å². The van der Waals surface area contributed by atoms with Gasteiger partial charge in [0.1, 0.15) is 11.2 Å². The highest BCUT2D eigenvalue weighted by atomic mass is 32.2. The summed E-state index contributed by atoms with van der Waals surface area (Å²) in [5, 5.41) is 9.20. The van der Waals surface area contributed by atoms with Crippen LogP contribution < -0.4 is 0 Å². The summed E-state index contributed by atoms with van der Waals surface area (Å²) in [6, 6.07) is 0. The summed E-state index contributed by atoms with van der Waals surface area (Å²) in [6.45, 7) is 12.5. The minimum atomic E-state index is -3.47. The van der Waals surface area contributed by atoms with Crippen molar-refractivity contribution in [2.24, 2.45) is 0 Å². The van der Waals surface area contributed by atoms with E-state index in [4.69, 9.17) is 13.7 Å². The maximum absolute atomic E-state index is 11.7. The van der Waals surface area contributed by atoms with E-state index < -0.39 is 33.5 Å². The largest absolute Gasteiger partial charge is 0.444 e. The van der Waals surface area contributed by atoms with Gasteiger partial charge in [0, 0.05) is 19.6 Å². The number of ether oxygens (including phenoxy) is 2. The van der Waals surface area contributed by atoms with Crippen LogP contribution in [0.3, 0.4) is 0 Å². The molecule has 2 fully saturated rings. The normalized spacial score (nSPS) is 22.4. The van der Waals surface area contributed by atoms with Gasteiger partial charge in [0.2, 0.25) is 0 Å². The second-order valence-corrected chi connectivity index (χ2v) is 11.1. The molecule has 2 heterocycles. The van der Waals surface area contributed by atoms with E-state index >= 15 is 0 Å². The van der Waals surface area contributed by atoms with Crippen molar-refractivity contribution in [2.75, 3.05) is 32.4 Å². The van der Waals surface area contributed by atoms with Crippen molar-refractivity contribution in [1.82, 2.24) is 9.80 Å². The van der Waals surface area contributed by atoms with E-state index in [1.54, 1.807) is 20.8 Å². The molecule has 2 saturated heterocycles. The number of carbonyl (C=O) groups excluding carboxylic acids is 2. The zero-order valence-corrected chi connectivity index (χ0v) is 19.8. The fourth-order valence-corrected chi connectivity index (χ4v) is 3.43. The first-order chi connectivity index (χ1) is 13.5. The average molecular weight is 453 g/mol. The Bertz CT molecular complexity index is 696. The molecule has 0 aromatic carbocycles. The molecule has 1 N–H and O–H groups in total. The fraction of sp³-hybridized carbons (Fsp3) is 0.895. The van der Waals surface area contributed by atoms with Crippen LogP contribution in [0.1, 0.15) is 54.4 Å². The van der Waals surface area contributed by atoms with Gasteiger partial charge in [0.15, 0.2) is 0 Å². The summed E-state index contributed by atoms with van der Waals surface area (Å²) in [5.74, 6) is 0. The number of carbonyl (C=O) groups is 2. The predicted octanol–water partition coefficient (Wildman–Crippen LogP) is 1.96. The Kier molecular flexibility index (Phi) is 8.94. The molecular weight excluding hydrogens is 416 g/mol. The smallest absolute Gasteiger partial charge is 0.410 e. The molecule has 0 aromatic heterocycles. The van der Waals surface area contributed by atoms with Crippen molar-refractivity contribution in [3.63, 3.8) is 0 Å². The minimum Gasteiger partial charge on any atom is -0.444 e. The third kappa shape index (κ3) is 11.0. The molecule has 30 heavy (non-hydrogen) atoms. The molecule has 2 rings (SSSR count). The number of aliphatic hydroxyl groups excluding tert-OH is 1. The molecule has 0 aromatic rings. The van der Waals surface area contributed by atoms with Crippen molar-refractivity contribution in [2.45, 2.75) is 77.8 Å². The van der Waals surface area contributed by atoms with Crippen LogP contribution in [0.15, 0.2) is 0 Å². The summed E-state index contributed by atoms with van der Waals surface area (Å²) >= 11 is 0. The number of nitrogens with zero attached hydrogens (tertiary/aromatic N) is 2. The maximum Gasteiger partial charge on any atom is 0.410 e. The third-order valence-corrected chi connectivity index (χ3v) is 4.54. The number of aliphatic hydroxyl groups is 1. The van der Waals surface area contributed by atoms with Gasteiger partial charge in [-0.2, -0.15) is 8.42 Å². The quantitative estimate of drug-likeness (QED) is 0.631. The molecule has 0 spiro atoms. The van der Waals surface area contributed by atoms with Gasteiger partial charge in [0.25, 0.3) is 10.1 Å². The molecule has 11 heteroatoms. The van der Waals surface area contributed by atoms with Gasteiger partial charge in [-0.25, -0.2) is 9.59 Å². The standard InChI is InChI=1S/C10H19NO5S.C9H17NO3/c1-10(2,3)15-9(12)11-6-5-8(7-11)16-17(4,13)14;1-9(2,3)13-8(12)10-5-4-7(11)6-10/h8H,5-7H2,1-4H3;7,11H,4-6H2,1-3H3/t8-;7-/m11/s1. The van der Waals surface area contributed by atoms with Gasteiger partial charge < -0.3 is 24.4 Å². The Hall–Kier alpha value is -1.59. The molecular formula is C19H36N2O8S. The lowest BCUT2D eigenvalue weighted by molar-refractivity contribution is 0.0263. The van der Waals surface area contributed by atoms with Crippen LogP contribution in [0, 0.1) is 0 Å². The first kappa shape index (κ1) is 26.4. The summed E-state index contributed by atoms with van der Waals surface area (Å²) in [4.78, 5) is 26.1. The van der Waals surface area contributed by atoms with E-state index in [-0.39, 0.29) is 18.7 Å². The highest BCUT2D eigenvalue weighted by Gasteiger charge is 2.32. The van der Waals surface area contributed by atoms with Crippen molar-refractivity contribution in [3.05, 3.63) is 0 Å². The van der Waals surface area contributed by atoms with Gasteiger partial charge in [-0.05, 0) is 54.4 Å². The zero-order valence-electron chi connectivity index (χ0n) is 19.0. The van der Waals surface area contributed by atoms with Crippen LogP contribution in [-0.4, -0.2) is 91.4 Å².